The van der Waals surface area contributed by atoms with Crippen molar-refractivity contribution in [1.29, 1.82) is 0 Å². The number of rotatable bonds is 5. The molecule has 0 radical (unpaired) electrons. The summed E-state index contributed by atoms with van der Waals surface area (Å²) in [6.45, 7) is 0. The molecule has 0 saturated heterocycles. The average Bonchev–Trinajstić information content (AvgIpc) is 3.05. The molecule has 1 aromatic heterocycles. The first kappa shape index (κ1) is 18.4. The van der Waals surface area contributed by atoms with Gasteiger partial charge in [-0.3, -0.25) is 10.1 Å². The zero-order valence-electron chi connectivity index (χ0n) is 12.9. The molecule has 2 aromatic carbocycles. The maximum Gasteiger partial charge on any atom is 0.332 e. The van der Waals surface area contributed by atoms with Gasteiger partial charge in [0.15, 0.2) is 0 Å². The van der Waals surface area contributed by atoms with Crippen molar-refractivity contribution in [2.45, 2.75) is 0 Å². The van der Waals surface area contributed by atoms with Gasteiger partial charge in [-0.1, -0.05) is 58.7 Å². The monoisotopic (exact) mass is 453 g/mol. The number of hydrogen-bond donors (Lipinski definition) is 1. The smallest absolute Gasteiger partial charge is 0.332 e. The summed E-state index contributed by atoms with van der Waals surface area (Å²) in [5.74, 6) is 0.0116. The van der Waals surface area contributed by atoms with Crippen LogP contribution in [0.2, 0.25) is 0 Å². The number of anilines is 1. The van der Waals surface area contributed by atoms with Gasteiger partial charge in [0.05, 0.1) is 10.4 Å². The second-order valence-electron chi connectivity index (χ2n) is 5.01. The zero-order valence-corrected chi connectivity index (χ0v) is 16.0. The minimum atomic E-state index is -0.631. The Morgan fingerprint density at radius 2 is 1.77 bits per heavy atom. The first-order valence-corrected chi connectivity index (χ1v) is 8.76. The van der Waals surface area contributed by atoms with Crippen molar-refractivity contribution in [2.24, 2.45) is 0 Å². The van der Waals surface area contributed by atoms with E-state index in [1.54, 1.807) is 48.5 Å². The van der Waals surface area contributed by atoms with Crippen LogP contribution in [0, 0.1) is 10.1 Å². The second kappa shape index (κ2) is 7.86. The molecule has 0 amide bonds. The van der Waals surface area contributed by atoms with Crippen molar-refractivity contribution in [2.75, 3.05) is 5.32 Å². The Morgan fingerprint density at radius 3 is 2.42 bits per heavy atom. The van der Waals surface area contributed by atoms with Crippen molar-refractivity contribution in [3.63, 3.8) is 0 Å². The molecule has 0 spiro atoms. The molecule has 0 atom stereocenters. The van der Waals surface area contributed by atoms with Crippen molar-refractivity contribution < 1.29 is 4.92 Å². The summed E-state index contributed by atoms with van der Waals surface area (Å²) in [5.41, 5.74) is 1.30. The normalized spacial score (nSPS) is 13.2. The molecule has 1 heterocycles. The van der Waals surface area contributed by atoms with Crippen LogP contribution in [0.3, 0.4) is 0 Å². The van der Waals surface area contributed by atoms with Gasteiger partial charge >= 0.3 is 5.70 Å². The van der Waals surface area contributed by atoms with Gasteiger partial charge in [-0.2, -0.15) is 4.68 Å². The number of hydrogen-bond acceptors (Lipinski definition) is 5. The third-order valence-electron chi connectivity index (χ3n) is 3.38. The number of nitrogens with one attached hydrogen (secondary N) is 1. The van der Waals surface area contributed by atoms with Gasteiger partial charge in [0.25, 0.3) is 0 Å². The molecule has 0 saturated carbocycles. The number of fused-ring (bicyclic) bond motifs is 1. The van der Waals surface area contributed by atoms with E-state index in [0.29, 0.717) is 16.7 Å². The van der Waals surface area contributed by atoms with Crippen molar-refractivity contribution in [3.8, 4) is 0 Å². The van der Waals surface area contributed by atoms with E-state index in [1.807, 2.05) is 6.07 Å². The third kappa shape index (κ3) is 3.72. The number of nitrogens with zero attached hydrogens (tertiary/aromatic N) is 4. The molecule has 0 unspecified atom stereocenters. The van der Waals surface area contributed by atoms with Crippen LogP contribution >= 0.6 is 39.1 Å². The summed E-state index contributed by atoms with van der Waals surface area (Å²) in [7, 11) is 0. The maximum atomic E-state index is 11.8. The Kier molecular flexibility index (Phi) is 5.55. The quantitative estimate of drug-likeness (QED) is 0.333. The molecule has 0 aliphatic heterocycles. The lowest BCUT2D eigenvalue weighted by atomic mass is 10.3. The minimum absolute atomic E-state index is 0.0116. The van der Waals surface area contributed by atoms with Crippen LogP contribution in [0.15, 0.2) is 69.3 Å². The lowest BCUT2D eigenvalue weighted by molar-refractivity contribution is -0.419. The lowest BCUT2D eigenvalue weighted by Gasteiger charge is -2.12. The van der Waals surface area contributed by atoms with Gasteiger partial charge in [0.1, 0.15) is 14.5 Å². The predicted octanol–water partition coefficient (Wildman–Crippen LogP) is 4.99. The number of allylic oxidation sites excluding steroid dienone is 1. The molecule has 0 bridgehead atoms. The lowest BCUT2D eigenvalue weighted by Crippen LogP contribution is -2.16. The fourth-order valence-corrected chi connectivity index (χ4v) is 2.70. The van der Waals surface area contributed by atoms with E-state index in [1.165, 1.54) is 4.68 Å². The number of benzene rings is 2. The van der Waals surface area contributed by atoms with E-state index >= 15 is 0 Å². The fraction of sp³-hybridized carbons (Fsp3) is 0. The molecular weight excluding hydrogens is 445 g/mol. The number of aromatic nitrogens is 3. The maximum absolute atomic E-state index is 11.8. The average molecular weight is 455 g/mol. The van der Waals surface area contributed by atoms with Crippen LogP contribution < -0.4 is 5.32 Å². The van der Waals surface area contributed by atoms with Gasteiger partial charge in [0.2, 0.25) is 5.82 Å². The van der Waals surface area contributed by atoms with Crippen LogP contribution in [0.5, 0.6) is 0 Å². The number of nitro groups is 1. The van der Waals surface area contributed by atoms with Crippen molar-refractivity contribution in [3.05, 3.63) is 79.4 Å². The van der Waals surface area contributed by atoms with Crippen LogP contribution in [0.1, 0.15) is 0 Å². The zero-order chi connectivity index (χ0) is 18.7. The molecule has 3 rings (SSSR count). The molecule has 0 fully saturated rings. The summed E-state index contributed by atoms with van der Waals surface area (Å²) in [6.07, 6.45) is 0. The SMILES string of the molecule is O=[N+]([O-])C(C(Cl)=C(Cl)Br)=C(Nc1ccccc1)n1nnc2ccccc21. The van der Waals surface area contributed by atoms with Crippen LogP contribution in [-0.2, 0) is 0 Å². The molecule has 0 aliphatic carbocycles. The third-order valence-corrected chi connectivity index (χ3v) is 4.66. The van der Waals surface area contributed by atoms with Gasteiger partial charge in [-0.25, -0.2) is 0 Å². The Balaban J connectivity index is 2.30. The van der Waals surface area contributed by atoms with E-state index in [9.17, 15) is 10.1 Å². The summed E-state index contributed by atoms with van der Waals surface area (Å²) in [4.78, 5) is 11.1. The van der Waals surface area contributed by atoms with Crippen molar-refractivity contribution in [1.82, 2.24) is 15.0 Å². The highest BCUT2D eigenvalue weighted by molar-refractivity contribution is 9.12. The van der Waals surface area contributed by atoms with Gasteiger partial charge < -0.3 is 5.32 Å². The molecule has 10 heteroatoms. The Labute approximate surface area is 166 Å². The Morgan fingerprint density at radius 1 is 1.12 bits per heavy atom. The van der Waals surface area contributed by atoms with Crippen LogP contribution in [0.25, 0.3) is 16.9 Å². The fourth-order valence-electron chi connectivity index (χ4n) is 2.26. The highest BCUT2D eigenvalue weighted by Crippen LogP contribution is 2.31. The standard InChI is InChI=1S/C16H10BrCl2N5O2/c17-15(19)13(18)14(24(25)26)16(20-10-6-2-1-3-7-10)23-12-9-5-4-8-11(12)21-22-23/h1-9,20H. The van der Waals surface area contributed by atoms with Crippen LogP contribution in [0.4, 0.5) is 5.69 Å². The van der Waals surface area contributed by atoms with Gasteiger partial charge in [-0.05, 0) is 40.2 Å². The second-order valence-corrected chi connectivity index (χ2v) is 7.02. The van der Waals surface area contributed by atoms with E-state index in [0.717, 1.165) is 0 Å². The number of para-hydroxylation sites is 2. The van der Waals surface area contributed by atoms with E-state index in [2.05, 4.69) is 31.6 Å². The largest absolute Gasteiger partial charge is 0.334 e. The van der Waals surface area contributed by atoms with Crippen LogP contribution in [-0.4, -0.2) is 19.9 Å². The van der Waals surface area contributed by atoms with E-state index in [4.69, 9.17) is 23.2 Å². The summed E-state index contributed by atoms with van der Waals surface area (Å²) in [5, 5.41) is 22.6. The molecule has 7 nitrogen and oxygen atoms in total. The highest BCUT2D eigenvalue weighted by Gasteiger charge is 2.28. The Hall–Kier alpha value is -2.42. The van der Waals surface area contributed by atoms with E-state index < -0.39 is 10.6 Å². The highest BCUT2D eigenvalue weighted by atomic mass is 79.9. The summed E-state index contributed by atoms with van der Waals surface area (Å²) >= 11 is 14.9. The topological polar surface area (TPSA) is 85.9 Å². The van der Waals surface area contributed by atoms with Crippen molar-refractivity contribution >= 4 is 61.7 Å². The predicted molar refractivity (Wildman–Crippen MR) is 105 cm³/mol. The first-order valence-electron chi connectivity index (χ1n) is 7.21. The minimum Gasteiger partial charge on any atom is -0.334 e. The molecule has 26 heavy (non-hydrogen) atoms. The molecule has 1 N–H and O–H groups in total. The van der Waals surface area contributed by atoms with Gasteiger partial charge in [0, 0.05) is 5.69 Å². The Bertz CT molecular complexity index is 1030. The summed E-state index contributed by atoms with van der Waals surface area (Å²) < 4.78 is 1.22. The molecule has 3 aromatic rings. The van der Waals surface area contributed by atoms with E-state index in [-0.39, 0.29) is 14.8 Å². The summed E-state index contributed by atoms with van der Waals surface area (Å²) in [6, 6.07) is 16.0. The molecular formula is C16H10BrCl2N5O2. The van der Waals surface area contributed by atoms with Gasteiger partial charge in [-0.15, -0.1) is 5.10 Å². The first-order chi connectivity index (χ1) is 12.5. The number of halogens is 3. The molecule has 0 aliphatic rings. The molecule has 132 valence electrons.